The van der Waals surface area contributed by atoms with Crippen LogP contribution in [0.25, 0.3) is 11.3 Å². The molecule has 0 amide bonds. The molecule has 0 bridgehead atoms. The average Bonchev–Trinajstić information content (AvgIpc) is 2.42. The predicted octanol–water partition coefficient (Wildman–Crippen LogP) is 1.84. The summed E-state index contributed by atoms with van der Waals surface area (Å²) in [6, 6.07) is 12.8. The zero-order valence-electron chi connectivity index (χ0n) is 10.2. The molecule has 0 unspecified atom stereocenters. The summed E-state index contributed by atoms with van der Waals surface area (Å²) in [4.78, 5) is 23.4. The van der Waals surface area contributed by atoms with E-state index in [-0.39, 0.29) is 11.1 Å². The van der Waals surface area contributed by atoms with Crippen molar-refractivity contribution in [1.29, 1.82) is 0 Å². The van der Waals surface area contributed by atoms with Crippen molar-refractivity contribution in [1.82, 2.24) is 4.57 Å². The summed E-state index contributed by atoms with van der Waals surface area (Å²) in [6.45, 7) is 0. The van der Waals surface area contributed by atoms with Gasteiger partial charge in [0.2, 0.25) is 0 Å². The fraction of sp³-hybridized carbons (Fsp3) is 0.143. The van der Waals surface area contributed by atoms with Gasteiger partial charge in [-0.2, -0.15) is 0 Å². The van der Waals surface area contributed by atoms with Crippen LogP contribution >= 0.6 is 0 Å². The lowest BCUT2D eigenvalue weighted by Gasteiger charge is -2.09. The monoisotopic (exact) mass is 243 g/mol. The van der Waals surface area contributed by atoms with Crippen LogP contribution in [0.4, 0.5) is 0 Å². The van der Waals surface area contributed by atoms with Crippen LogP contribution in [-0.4, -0.2) is 17.6 Å². The van der Waals surface area contributed by atoms with Gasteiger partial charge >= 0.3 is 5.97 Å². The van der Waals surface area contributed by atoms with Gasteiger partial charge in [-0.15, -0.1) is 0 Å². The largest absolute Gasteiger partial charge is 0.465 e. The lowest BCUT2D eigenvalue weighted by atomic mass is 10.1. The highest BCUT2D eigenvalue weighted by molar-refractivity contribution is 5.89. The Morgan fingerprint density at radius 2 is 1.78 bits per heavy atom. The van der Waals surface area contributed by atoms with Gasteiger partial charge < -0.3 is 9.30 Å². The lowest BCUT2D eigenvalue weighted by Crippen LogP contribution is -2.25. The van der Waals surface area contributed by atoms with Crippen molar-refractivity contribution >= 4 is 5.97 Å². The number of pyridine rings is 1. The Labute approximate surface area is 104 Å². The maximum Gasteiger partial charge on any atom is 0.343 e. The second-order valence-electron chi connectivity index (χ2n) is 3.85. The molecule has 0 radical (unpaired) electrons. The van der Waals surface area contributed by atoms with Gasteiger partial charge in [0.25, 0.3) is 5.56 Å². The molecule has 2 aromatic rings. The molecule has 0 fully saturated rings. The Morgan fingerprint density at radius 3 is 2.39 bits per heavy atom. The minimum atomic E-state index is -0.616. The van der Waals surface area contributed by atoms with E-state index in [4.69, 9.17) is 0 Å². The van der Waals surface area contributed by atoms with E-state index in [9.17, 15) is 9.59 Å². The minimum Gasteiger partial charge on any atom is -0.465 e. The summed E-state index contributed by atoms with van der Waals surface area (Å²) in [5.41, 5.74) is 1.37. The fourth-order valence-electron chi connectivity index (χ4n) is 1.80. The maximum atomic E-state index is 12.0. The molecule has 0 N–H and O–H groups in total. The second-order valence-corrected chi connectivity index (χ2v) is 3.85. The Bertz CT molecular complexity index is 629. The molecule has 1 aromatic carbocycles. The van der Waals surface area contributed by atoms with Crippen LogP contribution in [0.3, 0.4) is 0 Å². The second kappa shape index (κ2) is 4.87. The predicted molar refractivity (Wildman–Crippen MR) is 68.5 cm³/mol. The van der Waals surface area contributed by atoms with Gasteiger partial charge in [-0.25, -0.2) is 4.79 Å². The van der Waals surface area contributed by atoms with Gasteiger partial charge in [0, 0.05) is 7.05 Å². The van der Waals surface area contributed by atoms with Gasteiger partial charge in [-0.3, -0.25) is 4.79 Å². The van der Waals surface area contributed by atoms with Crippen LogP contribution in [0, 0.1) is 0 Å². The van der Waals surface area contributed by atoms with Crippen LogP contribution < -0.4 is 5.56 Å². The van der Waals surface area contributed by atoms with Gasteiger partial charge in [-0.05, 0) is 17.7 Å². The number of ether oxygens (including phenoxy) is 1. The number of carbonyl (C=O) groups excluding carboxylic acids is 1. The van der Waals surface area contributed by atoms with Crippen LogP contribution in [0.1, 0.15) is 10.4 Å². The van der Waals surface area contributed by atoms with Crippen molar-refractivity contribution in [3.8, 4) is 11.3 Å². The highest BCUT2D eigenvalue weighted by Crippen LogP contribution is 2.16. The molecular formula is C14H13NO3. The van der Waals surface area contributed by atoms with Crippen LogP contribution in [0.15, 0.2) is 47.3 Å². The Balaban J connectivity index is 2.58. The topological polar surface area (TPSA) is 48.3 Å². The molecule has 18 heavy (non-hydrogen) atoms. The quantitative estimate of drug-likeness (QED) is 0.756. The lowest BCUT2D eigenvalue weighted by molar-refractivity contribution is 0.0598. The number of hydrogen-bond acceptors (Lipinski definition) is 3. The molecule has 4 nitrogen and oxygen atoms in total. The molecule has 92 valence electrons. The Kier molecular flexibility index (Phi) is 3.28. The molecule has 0 atom stereocenters. The number of hydrogen-bond donors (Lipinski definition) is 0. The molecule has 1 aromatic heterocycles. The van der Waals surface area contributed by atoms with E-state index < -0.39 is 5.97 Å². The molecule has 2 rings (SSSR count). The molecule has 0 aliphatic rings. The smallest absolute Gasteiger partial charge is 0.343 e. The standard InChI is InChI=1S/C14H13NO3/c1-15-12(10-6-4-3-5-7-10)9-8-11(13(15)16)14(17)18-2/h3-9H,1-2H3. The van der Waals surface area contributed by atoms with Crippen molar-refractivity contribution in [3.05, 3.63) is 58.4 Å². The van der Waals surface area contributed by atoms with E-state index in [1.165, 1.54) is 17.7 Å². The number of rotatable bonds is 2. The van der Waals surface area contributed by atoms with E-state index in [0.29, 0.717) is 0 Å². The first kappa shape index (κ1) is 12.1. The number of nitrogens with zero attached hydrogens (tertiary/aromatic N) is 1. The van der Waals surface area contributed by atoms with Gasteiger partial charge in [0.1, 0.15) is 5.56 Å². The molecule has 0 aliphatic heterocycles. The summed E-state index contributed by atoms with van der Waals surface area (Å²) in [5, 5.41) is 0. The van der Waals surface area contributed by atoms with Gasteiger partial charge in [-0.1, -0.05) is 30.3 Å². The van der Waals surface area contributed by atoms with Crippen LogP contribution in [-0.2, 0) is 11.8 Å². The van der Waals surface area contributed by atoms with E-state index in [0.717, 1.165) is 11.3 Å². The van der Waals surface area contributed by atoms with Crippen molar-refractivity contribution in [2.45, 2.75) is 0 Å². The van der Waals surface area contributed by atoms with E-state index >= 15 is 0 Å². The first-order chi connectivity index (χ1) is 8.65. The summed E-state index contributed by atoms with van der Waals surface area (Å²) in [7, 11) is 2.89. The molecular weight excluding hydrogens is 230 g/mol. The third-order valence-corrected chi connectivity index (χ3v) is 2.78. The maximum absolute atomic E-state index is 12.0. The summed E-state index contributed by atoms with van der Waals surface area (Å²) in [6.07, 6.45) is 0. The van der Waals surface area contributed by atoms with Crippen LogP contribution in [0.5, 0.6) is 0 Å². The number of esters is 1. The zero-order chi connectivity index (χ0) is 13.1. The van der Waals surface area contributed by atoms with Crippen LogP contribution in [0.2, 0.25) is 0 Å². The highest BCUT2D eigenvalue weighted by atomic mass is 16.5. The molecule has 0 aliphatic carbocycles. The normalized spacial score (nSPS) is 10.1. The van der Waals surface area contributed by atoms with Gasteiger partial charge in [0.05, 0.1) is 12.8 Å². The molecule has 0 spiro atoms. The fourth-order valence-corrected chi connectivity index (χ4v) is 1.80. The Hall–Kier alpha value is -2.36. The Morgan fingerprint density at radius 1 is 1.11 bits per heavy atom. The molecule has 0 saturated heterocycles. The number of aromatic nitrogens is 1. The summed E-state index contributed by atoms with van der Waals surface area (Å²) >= 11 is 0. The molecule has 1 heterocycles. The van der Waals surface area contributed by atoms with Crippen molar-refractivity contribution in [3.63, 3.8) is 0 Å². The number of carbonyl (C=O) groups is 1. The van der Waals surface area contributed by atoms with E-state index in [1.807, 2.05) is 30.3 Å². The third kappa shape index (κ3) is 2.05. The first-order valence-electron chi connectivity index (χ1n) is 5.49. The summed E-state index contributed by atoms with van der Waals surface area (Å²) < 4.78 is 6.01. The average molecular weight is 243 g/mol. The number of benzene rings is 1. The van der Waals surface area contributed by atoms with Crippen molar-refractivity contribution in [2.24, 2.45) is 7.05 Å². The molecule has 0 saturated carbocycles. The number of methoxy groups -OCH3 is 1. The van der Waals surface area contributed by atoms with Crippen molar-refractivity contribution in [2.75, 3.05) is 7.11 Å². The van der Waals surface area contributed by atoms with E-state index in [1.54, 1.807) is 13.1 Å². The zero-order valence-corrected chi connectivity index (χ0v) is 10.2. The summed E-state index contributed by atoms with van der Waals surface area (Å²) in [5.74, 6) is -0.616. The minimum absolute atomic E-state index is 0.0414. The first-order valence-corrected chi connectivity index (χ1v) is 5.49. The van der Waals surface area contributed by atoms with E-state index in [2.05, 4.69) is 4.74 Å². The van der Waals surface area contributed by atoms with Crippen molar-refractivity contribution < 1.29 is 9.53 Å². The molecule has 4 heteroatoms. The highest BCUT2D eigenvalue weighted by Gasteiger charge is 2.13. The third-order valence-electron chi connectivity index (χ3n) is 2.78. The SMILES string of the molecule is COC(=O)c1ccc(-c2ccccc2)n(C)c1=O. The van der Waals surface area contributed by atoms with Gasteiger partial charge in [0.15, 0.2) is 0 Å².